The maximum absolute atomic E-state index is 5.29. The molecule has 0 unspecified atom stereocenters. The lowest BCUT2D eigenvalue weighted by atomic mass is 10.1. The molecule has 1 aliphatic rings. The van der Waals surface area contributed by atoms with Gasteiger partial charge in [-0.25, -0.2) is 0 Å². The normalized spacial score (nSPS) is 17.5. The van der Waals surface area contributed by atoms with Crippen LogP contribution in [0.25, 0.3) is 0 Å². The highest BCUT2D eigenvalue weighted by atomic mass is 35.5. The molecule has 0 aliphatic carbocycles. The average Bonchev–Trinajstić information content (AvgIpc) is 2.54. The molecule has 0 amide bonds. The van der Waals surface area contributed by atoms with E-state index >= 15 is 0 Å². The van der Waals surface area contributed by atoms with Crippen LogP contribution in [-0.4, -0.2) is 41.2 Å². The van der Waals surface area contributed by atoms with E-state index in [9.17, 15) is 0 Å². The van der Waals surface area contributed by atoms with Crippen molar-refractivity contribution in [1.82, 2.24) is 20.4 Å². The molecule has 1 saturated heterocycles. The quantitative estimate of drug-likeness (QED) is 0.901. The predicted octanol–water partition coefficient (Wildman–Crippen LogP) is 1.49. The van der Waals surface area contributed by atoms with E-state index in [1.54, 1.807) is 0 Å². The van der Waals surface area contributed by atoms with Crippen LogP contribution >= 0.6 is 12.4 Å². The molecule has 0 saturated carbocycles. The summed E-state index contributed by atoms with van der Waals surface area (Å²) in [6.07, 6.45) is 2.08. The highest BCUT2D eigenvalue weighted by Crippen LogP contribution is 2.07. The van der Waals surface area contributed by atoms with Crippen LogP contribution in [0.3, 0.4) is 0 Å². The van der Waals surface area contributed by atoms with Crippen LogP contribution < -0.4 is 5.32 Å². The largest absolute Gasteiger partial charge is 0.338 e. The van der Waals surface area contributed by atoms with E-state index in [0.717, 1.165) is 50.9 Å². The molecule has 1 aliphatic heterocycles. The van der Waals surface area contributed by atoms with Gasteiger partial charge in [0.05, 0.1) is 6.54 Å². The summed E-state index contributed by atoms with van der Waals surface area (Å²) in [5.74, 6) is 2.16. The monoisotopic (exact) mass is 274 g/mol. The average molecular weight is 275 g/mol. The second kappa shape index (κ2) is 7.71. The number of aromatic nitrogens is 2. The first-order valence-corrected chi connectivity index (χ1v) is 6.48. The molecule has 1 N–H and O–H groups in total. The van der Waals surface area contributed by atoms with Crippen LogP contribution in [0.2, 0.25) is 0 Å². The van der Waals surface area contributed by atoms with Gasteiger partial charge in [-0.2, -0.15) is 4.98 Å². The summed E-state index contributed by atoms with van der Waals surface area (Å²) >= 11 is 0. The van der Waals surface area contributed by atoms with Crippen LogP contribution in [0.1, 0.15) is 32.0 Å². The Kier molecular flexibility index (Phi) is 6.60. The highest BCUT2D eigenvalue weighted by Gasteiger charge is 2.13. The molecule has 1 aromatic rings. The van der Waals surface area contributed by atoms with Gasteiger partial charge in [0.2, 0.25) is 5.89 Å². The number of halogens is 1. The van der Waals surface area contributed by atoms with Crippen molar-refractivity contribution in [2.45, 2.75) is 33.2 Å². The molecule has 0 spiro atoms. The van der Waals surface area contributed by atoms with Crippen molar-refractivity contribution in [1.29, 1.82) is 0 Å². The molecule has 6 heteroatoms. The van der Waals surface area contributed by atoms with Crippen molar-refractivity contribution >= 4 is 12.4 Å². The van der Waals surface area contributed by atoms with Crippen LogP contribution in [0.4, 0.5) is 0 Å². The molecule has 0 atom stereocenters. The van der Waals surface area contributed by atoms with Crippen molar-refractivity contribution < 1.29 is 4.52 Å². The van der Waals surface area contributed by atoms with Crippen molar-refractivity contribution in [3.05, 3.63) is 11.7 Å². The molecule has 0 bridgehead atoms. The second-order valence-electron chi connectivity index (χ2n) is 5.08. The topological polar surface area (TPSA) is 54.2 Å². The lowest BCUT2D eigenvalue weighted by Crippen LogP contribution is -2.27. The molecular formula is C12H23ClN4O. The Balaban J connectivity index is 0.00000162. The van der Waals surface area contributed by atoms with Gasteiger partial charge in [0.15, 0.2) is 5.82 Å². The van der Waals surface area contributed by atoms with Crippen molar-refractivity contribution in [3.8, 4) is 0 Å². The molecule has 2 rings (SSSR count). The first-order chi connectivity index (χ1) is 8.24. The highest BCUT2D eigenvalue weighted by molar-refractivity contribution is 5.85. The summed E-state index contributed by atoms with van der Waals surface area (Å²) in [7, 11) is 0. The van der Waals surface area contributed by atoms with E-state index in [1.165, 1.54) is 6.42 Å². The molecule has 2 heterocycles. The first kappa shape index (κ1) is 15.4. The van der Waals surface area contributed by atoms with Crippen molar-refractivity contribution in [2.24, 2.45) is 5.92 Å². The minimum absolute atomic E-state index is 0. The lowest BCUT2D eigenvalue weighted by Gasteiger charge is -2.16. The van der Waals surface area contributed by atoms with Crippen LogP contribution in [0, 0.1) is 5.92 Å². The standard InChI is InChI=1S/C12H22N4O.ClH/c1-10(2)8-11-14-12(17-15-11)9-16-6-3-4-13-5-7-16;/h10,13H,3-9H2,1-2H3;1H. The van der Waals surface area contributed by atoms with Gasteiger partial charge >= 0.3 is 0 Å². The molecule has 5 nitrogen and oxygen atoms in total. The summed E-state index contributed by atoms with van der Waals surface area (Å²) in [6, 6.07) is 0. The SMILES string of the molecule is CC(C)Cc1noc(CN2CCCNCC2)n1.Cl. The minimum atomic E-state index is 0. The predicted molar refractivity (Wildman–Crippen MR) is 72.9 cm³/mol. The van der Waals surface area contributed by atoms with E-state index < -0.39 is 0 Å². The van der Waals surface area contributed by atoms with E-state index in [4.69, 9.17) is 4.52 Å². The van der Waals surface area contributed by atoms with Crippen LogP contribution in [0.15, 0.2) is 4.52 Å². The summed E-state index contributed by atoms with van der Waals surface area (Å²) < 4.78 is 5.29. The third-order valence-electron chi connectivity index (χ3n) is 2.89. The van der Waals surface area contributed by atoms with Crippen LogP contribution in [-0.2, 0) is 13.0 Å². The van der Waals surface area contributed by atoms with E-state index in [-0.39, 0.29) is 12.4 Å². The molecule has 0 aromatic carbocycles. The fourth-order valence-electron chi connectivity index (χ4n) is 2.05. The molecular weight excluding hydrogens is 252 g/mol. The van der Waals surface area contributed by atoms with Crippen molar-refractivity contribution in [3.63, 3.8) is 0 Å². The zero-order valence-electron chi connectivity index (χ0n) is 11.2. The number of hydrogen-bond acceptors (Lipinski definition) is 5. The summed E-state index contributed by atoms with van der Waals surface area (Å²) in [5.41, 5.74) is 0. The lowest BCUT2D eigenvalue weighted by molar-refractivity contribution is 0.238. The Morgan fingerprint density at radius 2 is 2.17 bits per heavy atom. The smallest absolute Gasteiger partial charge is 0.240 e. The Morgan fingerprint density at radius 3 is 2.94 bits per heavy atom. The maximum atomic E-state index is 5.29. The molecule has 1 aromatic heterocycles. The molecule has 18 heavy (non-hydrogen) atoms. The van der Waals surface area contributed by atoms with Gasteiger partial charge in [-0.3, -0.25) is 4.90 Å². The summed E-state index contributed by atoms with van der Waals surface area (Å²) in [5, 5.41) is 7.40. The summed E-state index contributed by atoms with van der Waals surface area (Å²) in [4.78, 5) is 6.80. The number of nitrogens with one attached hydrogen (secondary N) is 1. The van der Waals surface area contributed by atoms with Gasteiger partial charge in [-0.05, 0) is 25.4 Å². The molecule has 0 radical (unpaired) electrons. The first-order valence-electron chi connectivity index (χ1n) is 6.48. The van der Waals surface area contributed by atoms with Gasteiger partial charge in [0.25, 0.3) is 0 Å². The molecule has 1 fully saturated rings. The van der Waals surface area contributed by atoms with E-state index in [0.29, 0.717) is 5.92 Å². The van der Waals surface area contributed by atoms with Gasteiger partial charge in [0, 0.05) is 19.5 Å². The minimum Gasteiger partial charge on any atom is -0.338 e. The third kappa shape index (κ3) is 4.92. The zero-order valence-corrected chi connectivity index (χ0v) is 12.0. The molecule has 104 valence electrons. The van der Waals surface area contributed by atoms with Gasteiger partial charge in [-0.15, -0.1) is 12.4 Å². The van der Waals surface area contributed by atoms with Crippen molar-refractivity contribution in [2.75, 3.05) is 26.2 Å². The van der Waals surface area contributed by atoms with Gasteiger partial charge in [-0.1, -0.05) is 19.0 Å². The number of rotatable bonds is 4. The maximum Gasteiger partial charge on any atom is 0.240 e. The second-order valence-corrected chi connectivity index (χ2v) is 5.08. The Hall–Kier alpha value is -0.650. The third-order valence-corrected chi connectivity index (χ3v) is 2.89. The fraction of sp³-hybridized carbons (Fsp3) is 0.833. The van der Waals surface area contributed by atoms with E-state index in [2.05, 4.69) is 34.2 Å². The number of nitrogens with zero attached hydrogens (tertiary/aromatic N) is 3. The van der Waals surface area contributed by atoms with E-state index in [1.807, 2.05) is 0 Å². The van der Waals surface area contributed by atoms with Gasteiger partial charge in [0.1, 0.15) is 0 Å². The number of hydrogen-bond donors (Lipinski definition) is 1. The summed E-state index contributed by atoms with van der Waals surface area (Å²) in [6.45, 7) is 9.43. The van der Waals surface area contributed by atoms with Crippen LogP contribution in [0.5, 0.6) is 0 Å². The fourth-order valence-corrected chi connectivity index (χ4v) is 2.05. The van der Waals surface area contributed by atoms with Gasteiger partial charge < -0.3 is 9.84 Å². The Labute approximate surface area is 115 Å². The zero-order chi connectivity index (χ0) is 12.1. The Morgan fingerprint density at radius 1 is 1.33 bits per heavy atom. The Bertz CT molecular complexity index is 335.